The summed E-state index contributed by atoms with van der Waals surface area (Å²) < 4.78 is 3.02. The van der Waals surface area contributed by atoms with Crippen molar-refractivity contribution >= 4 is 11.7 Å². The summed E-state index contributed by atoms with van der Waals surface area (Å²) >= 11 is -0.340. The van der Waals surface area contributed by atoms with Crippen LogP contribution in [0.4, 0.5) is 5.82 Å². The van der Waals surface area contributed by atoms with Crippen LogP contribution in [0, 0.1) is 12.3 Å². The molecule has 1 aliphatic heterocycles. The number of anilines is 1. The van der Waals surface area contributed by atoms with Crippen molar-refractivity contribution < 1.29 is 31.4 Å². The molecule has 2 heterocycles. The number of pyridine rings is 1. The van der Waals surface area contributed by atoms with E-state index in [2.05, 4.69) is 25.7 Å². The second-order valence-corrected chi connectivity index (χ2v) is 10.3. The molecule has 0 aromatic carbocycles. The predicted molar refractivity (Wildman–Crippen MR) is 113 cm³/mol. The van der Waals surface area contributed by atoms with Crippen molar-refractivity contribution in [2.45, 2.75) is 70.9 Å². The predicted octanol–water partition coefficient (Wildman–Crippen LogP) is -0.357. The van der Waals surface area contributed by atoms with Gasteiger partial charge in [-0.2, -0.15) is 0 Å². The number of alkyl halides is 1. The number of aromatic nitrogens is 1. The molecule has 0 spiro atoms. The normalized spacial score (nSPS) is 25.9. The Morgan fingerprint density at radius 3 is 2.76 bits per heavy atom. The van der Waals surface area contributed by atoms with Gasteiger partial charge in [0.05, 0.1) is 0 Å². The van der Waals surface area contributed by atoms with Crippen LogP contribution in [-0.4, -0.2) is 52.7 Å². The van der Waals surface area contributed by atoms with Gasteiger partial charge in [0.15, 0.2) is 0 Å². The van der Waals surface area contributed by atoms with Crippen LogP contribution in [0.15, 0.2) is 12.3 Å². The Labute approximate surface area is 185 Å². The zero-order chi connectivity index (χ0) is 20.9. The Morgan fingerprint density at radius 1 is 1.34 bits per heavy atom. The molecule has 1 amide bonds. The van der Waals surface area contributed by atoms with Gasteiger partial charge in [0, 0.05) is 0 Å². The molecular weight excluding hydrogens is 479 g/mol. The first-order valence-corrected chi connectivity index (χ1v) is 14.1. The van der Waals surface area contributed by atoms with Crippen molar-refractivity contribution in [3.8, 4) is 0 Å². The average Bonchev–Trinajstić information content (AvgIpc) is 2.75. The van der Waals surface area contributed by atoms with Gasteiger partial charge in [-0.3, -0.25) is 0 Å². The zero-order valence-corrected chi connectivity index (χ0v) is 20.2. The maximum absolute atomic E-state index is 12.7. The van der Waals surface area contributed by atoms with Gasteiger partial charge in [-0.05, 0) is 0 Å². The summed E-state index contributed by atoms with van der Waals surface area (Å²) in [7, 11) is 0. The third-order valence-corrected chi connectivity index (χ3v) is 7.75. The molecular formula is C22H36IN4O2-. The van der Waals surface area contributed by atoms with E-state index >= 15 is 0 Å². The Morgan fingerprint density at radius 2 is 2.10 bits per heavy atom. The van der Waals surface area contributed by atoms with E-state index < -0.39 is 0 Å². The molecule has 1 aromatic rings. The Hall–Kier alpha value is -0.930. The van der Waals surface area contributed by atoms with Crippen molar-refractivity contribution in [1.82, 2.24) is 13.8 Å². The fraction of sp³-hybridized carbons (Fsp3) is 0.727. The molecule has 2 unspecified atom stereocenters. The first-order valence-electron chi connectivity index (χ1n) is 10.9. The number of aliphatic hydroxyl groups is 1. The molecule has 7 heteroatoms. The number of aryl methyl sites for hydroxylation is 1. The number of rotatable bonds is 7. The van der Waals surface area contributed by atoms with E-state index in [0.29, 0.717) is 17.6 Å². The van der Waals surface area contributed by atoms with Gasteiger partial charge in [0.1, 0.15) is 0 Å². The summed E-state index contributed by atoms with van der Waals surface area (Å²) in [6.45, 7) is 5.87. The van der Waals surface area contributed by atoms with Crippen LogP contribution in [0.2, 0.25) is 0 Å². The van der Waals surface area contributed by atoms with Crippen LogP contribution in [0.3, 0.4) is 0 Å². The summed E-state index contributed by atoms with van der Waals surface area (Å²) in [5.74, 6) is 0.730. The minimum atomic E-state index is -0.340. The molecule has 1 saturated carbocycles. The number of hydrogen-bond acceptors (Lipinski definition) is 5. The number of nitrogens with one attached hydrogen (secondary N) is 2. The summed E-state index contributed by atoms with van der Waals surface area (Å²) in [5.41, 5.74) is 1.44. The van der Waals surface area contributed by atoms with Gasteiger partial charge in [0.2, 0.25) is 0 Å². The maximum atomic E-state index is 12.7. The molecule has 0 radical (unpaired) electrons. The minimum absolute atomic E-state index is 0.0277. The van der Waals surface area contributed by atoms with Crippen molar-refractivity contribution in [1.29, 1.82) is 0 Å². The number of aliphatic hydroxyl groups excluding tert-OH is 1. The van der Waals surface area contributed by atoms with E-state index in [-0.39, 0.29) is 39.4 Å². The SMILES string of the molecule is CCC1(CO)CN(c2ncc(C)cc2C(=O)N[I-]C)CCC1NC1CCCCC1. The molecule has 1 aliphatic carbocycles. The van der Waals surface area contributed by atoms with Gasteiger partial charge in [-0.25, -0.2) is 0 Å². The first kappa shape index (κ1) is 22.7. The second kappa shape index (κ2) is 10.4. The number of piperidine rings is 1. The van der Waals surface area contributed by atoms with Crippen molar-refractivity contribution in [3.05, 3.63) is 23.4 Å². The van der Waals surface area contributed by atoms with Crippen LogP contribution in [0.25, 0.3) is 0 Å². The van der Waals surface area contributed by atoms with Crippen LogP contribution in [0.1, 0.15) is 67.8 Å². The summed E-state index contributed by atoms with van der Waals surface area (Å²) in [4.78, 5) is 21.6. The number of nitrogens with zero attached hydrogens (tertiary/aromatic N) is 2. The molecule has 1 aromatic heterocycles. The number of carbonyl (C=O) groups is 1. The van der Waals surface area contributed by atoms with Crippen molar-refractivity contribution in [3.63, 3.8) is 0 Å². The topological polar surface area (TPSA) is 77.5 Å². The van der Waals surface area contributed by atoms with Gasteiger partial charge in [-0.15, -0.1) is 0 Å². The Bertz CT molecular complexity index is 689. The van der Waals surface area contributed by atoms with Crippen molar-refractivity contribution in [2.75, 3.05) is 29.5 Å². The van der Waals surface area contributed by atoms with Gasteiger partial charge < -0.3 is 0 Å². The van der Waals surface area contributed by atoms with Gasteiger partial charge in [0.25, 0.3) is 0 Å². The fourth-order valence-electron chi connectivity index (χ4n) is 4.90. The van der Waals surface area contributed by atoms with Crippen molar-refractivity contribution in [2.24, 2.45) is 5.41 Å². The average molecular weight is 515 g/mol. The number of carbonyl (C=O) groups excluding carboxylic acids is 1. The molecule has 1 saturated heterocycles. The van der Waals surface area contributed by atoms with E-state index in [1.54, 1.807) is 0 Å². The molecule has 6 nitrogen and oxygen atoms in total. The van der Waals surface area contributed by atoms with Crippen LogP contribution in [-0.2, 0) is 0 Å². The van der Waals surface area contributed by atoms with Crippen LogP contribution in [0.5, 0.6) is 0 Å². The molecule has 2 atom stereocenters. The number of hydrogen-bond donors (Lipinski definition) is 3. The number of amides is 1. The summed E-state index contributed by atoms with van der Waals surface area (Å²) in [6.07, 6.45) is 10.2. The van der Waals surface area contributed by atoms with Gasteiger partial charge in [-0.1, -0.05) is 6.42 Å². The van der Waals surface area contributed by atoms with E-state index in [1.807, 2.05) is 24.1 Å². The molecule has 2 fully saturated rings. The van der Waals surface area contributed by atoms with E-state index in [4.69, 9.17) is 0 Å². The van der Waals surface area contributed by atoms with Gasteiger partial charge >= 0.3 is 180 Å². The van der Waals surface area contributed by atoms with E-state index in [0.717, 1.165) is 37.3 Å². The molecule has 29 heavy (non-hydrogen) atoms. The summed E-state index contributed by atoms with van der Waals surface area (Å²) in [6, 6.07) is 2.82. The third kappa shape index (κ3) is 5.22. The molecule has 2 aliphatic rings. The molecule has 0 bridgehead atoms. The first-order chi connectivity index (χ1) is 14.0. The standard InChI is InChI=1S/C22H36IN4O2/c1-4-22(15-28)14-27(11-10-19(22)25-17-8-6-5-7-9-17)20-18(21(29)26-23-3)12-16(2)13-24-20/h12-13,17,19,25,28H,4-11,14-15H2,1-3H3,(H,26,29)/q-1. The van der Waals surface area contributed by atoms with Crippen LogP contribution >= 0.6 is 0 Å². The Balaban J connectivity index is 1.82. The molecule has 164 valence electrons. The van der Waals surface area contributed by atoms with Crippen LogP contribution < -0.4 is 35.2 Å². The zero-order valence-electron chi connectivity index (χ0n) is 18.0. The molecule has 3 rings (SSSR count). The quantitative estimate of drug-likeness (QED) is 0.263. The third-order valence-electron chi connectivity index (χ3n) is 6.72. The monoisotopic (exact) mass is 515 g/mol. The second-order valence-electron chi connectivity index (χ2n) is 8.63. The number of halogens is 1. The summed E-state index contributed by atoms with van der Waals surface area (Å²) in [5, 5.41) is 14.4. The van der Waals surface area contributed by atoms with E-state index in [1.165, 1.54) is 32.1 Å². The Kier molecular flexibility index (Phi) is 8.15. The fourth-order valence-corrected chi connectivity index (χ4v) is 5.68. The van der Waals surface area contributed by atoms with E-state index in [9.17, 15) is 9.90 Å². The molecule has 3 N–H and O–H groups in total.